The minimum atomic E-state index is -0.260. The Morgan fingerprint density at radius 3 is 2.95 bits per heavy atom. The maximum atomic E-state index is 12.3. The summed E-state index contributed by atoms with van der Waals surface area (Å²) in [7, 11) is 0. The van der Waals surface area contributed by atoms with Crippen LogP contribution in [0.25, 0.3) is 10.2 Å². The summed E-state index contributed by atoms with van der Waals surface area (Å²) in [6, 6.07) is 10.8. The van der Waals surface area contributed by atoms with E-state index in [9.17, 15) is 4.79 Å². The molecule has 3 aromatic rings. The summed E-state index contributed by atoms with van der Waals surface area (Å²) >= 11 is 1.32. The van der Waals surface area contributed by atoms with Crippen LogP contribution < -0.4 is 11.1 Å². The van der Waals surface area contributed by atoms with Gasteiger partial charge < -0.3 is 11.1 Å². The number of benzene rings is 1. The molecule has 0 fully saturated rings. The lowest BCUT2D eigenvalue weighted by Gasteiger charge is -2.04. The smallest absolute Gasteiger partial charge is 0.267 e. The summed E-state index contributed by atoms with van der Waals surface area (Å²) in [5.74, 6) is 2.27. The second kappa shape index (κ2) is 5.27. The third-order valence-corrected chi connectivity index (χ3v) is 4.13. The van der Waals surface area contributed by atoms with E-state index in [-0.39, 0.29) is 5.91 Å². The van der Waals surface area contributed by atoms with Crippen molar-refractivity contribution in [2.45, 2.75) is 0 Å². The first kappa shape index (κ1) is 13.2. The van der Waals surface area contributed by atoms with Crippen molar-refractivity contribution < 1.29 is 4.79 Å². The first-order chi connectivity index (χ1) is 10.2. The van der Waals surface area contributed by atoms with E-state index in [0.717, 1.165) is 4.70 Å². The number of rotatable bonds is 2. The van der Waals surface area contributed by atoms with Gasteiger partial charge in [0.2, 0.25) is 0 Å². The number of nitrogens with zero attached hydrogens (tertiary/aromatic N) is 1. The van der Waals surface area contributed by atoms with Gasteiger partial charge in [-0.1, -0.05) is 12.0 Å². The molecule has 0 saturated carbocycles. The normalized spacial score (nSPS) is 10.2. The number of hydrogen-bond donors (Lipinski definition) is 2. The van der Waals surface area contributed by atoms with E-state index in [1.807, 2.05) is 12.1 Å². The fourth-order valence-corrected chi connectivity index (χ4v) is 2.97. The molecule has 0 unspecified atom stereocenters. The standard InChI is InChI=1S/C16H11N3OS/c1-2-10-5-3-6-11(9-10)19-16(20)15-13(17)14-12(21-15)7-4-8-18-14/h1,3-9H,17H2,(H,19,20). The molecule has 0 aliphatic heterocycles. The number of pyridine rings is 1. The number of thiophene rings is 1. The lowest BCUT2D eigenvalue weighted by molar-refractivity contribution is 0.103. The van der Waals surface area contributed by atoms with E-state index < -0.39 is 0 Å². The van der Waals surface area contributed by atoms with Gasteiger partial charge in [-0.25, -0.2) is 0 Å². The summed E-state index contributed by atoms with van der Waals surface area (Å²) in [4.78, 5) is 17.0. The summed E-state index contributed by atoms with van der Waals surface area (Å²) in [6.07, 6.45) is 7.00. The van der Waals surface area contributed by atoms with Crippen LogP contribution in [0.3, 0.4) is 0 Å². The third-order valence-electron chi connectivity index (χ3n) is 2.98. The zero-order chi connectivity index (χ0) is 14.8. The van der Waals surface area contributed by atoms with Crippen LogP contribution in [0, 0.1) is 12.3 Å². The lowest BCUT2D eigenvalue weighted by atomic mass is 10.2. The predicted octanol–water partition coefficient (Wildman–Crippen LogP) is 3.11. The molecule has 3 N–H and O–H groups in total. The van der Waals surface area contributed by atoms with E-state index in [1.54, 1.807) is 30.5 Å². The fourth-order valence-electron chi connectivity index (χ4n) is 1.99. The quantitative estimate of drug-likeness (QED) is 0.713. The molecule has 0 atom stereocenters. The molecule has 21 heavy (non-hydrogen) atoms. The van der Waals surface area contributed by atoms with Gasteiger partial charge in [0, 0.05) is 17.4 Å². The molecule has 4 nitrogen and oxygen atoms in total. The van der Waals surface area contributed by atoms with Gasteiger partial charge >= 0.3 is 0 Å². The van der Waals surface area contributed by atoms with Gasteiger partial charge in [-0.05, 0) is 30.3 Å². The minimum Gasteiger partial charge on any atom is -0.396 e. The molecule has 1 aromatic carbocycles. The highest BCUT2D eigenvalue weighted by Gasteiger charge is 2.17. The van der Waals surface area contributed by atoms with Crippen LogP contribution in [0.5, 0.6) is 0 Å². The van der Waals surface area contributed by atoms with E-state index in [2.05, 4.69) is 16.2 Å². The lowest BCUT2D eigenvalue weighted by Crippen LogP contribution is -2.12. The van der Waals surface area contributed by atoms with Crippen molar-refractivity contribution >= 4 is 38.8 Å². The van der Waals surface area contributed by atoms with Crippen molar-refractivity contribution in [3.8, 4) is 12.3 Å². The van der Waals surface area contributed by atoms with Crippen molar-refractivity contribution in [1.82, 2.24) is 4.98 Å². The third kappa shape index (κ3) is 2.45. The number of aromatic nitrogens is 1. The van der Waals surface area contributed by atoms with Crippen molar-refractivity contribution in [3.63, 3.8) is 0 Å². The van der Waals surface area contributed by atoms with Gasteiger partial charge in [-0.2, -0.15) is 0 Å². The van der Waals surface area contributed by atoms with Crippen molar-refractivity contribution in [3.05, 3.63) is 53.0 Å². The zero-order valence-corrected chi connectivity index (χ0v) is 11.8. The second-order valence-corrected chi connectivity index (χ2v) is 5.43. The Morgan fingerprint density at radius 2 is 2.19 bits per heavy atom. The minimum absolute atomic E-state index is 0.260. The topological polar surface area (TPSA) is 68.0 Å². The molecule has 0 spiro atoms. The average molecular weight is 293 g/mol. The molecule has 102 valence electrons. The van der Waals surface area contributed by atoms with E-state index in [4.69, 9.17) is 12.2 Å². The number of carbonyl (C=O) groups is 1. The second-order valence-electron chi connectivity index (χ2n) is 4.37. The molecule has 0 aliphatic rings. The van der Waals surface area contributed by atoms with Gasteiger partial charge in [-0.15, -0.1) is 17.8 Å². The molecule has 0 bridgehead atoms. The van der Waals surface area contributed by atoms with E-state index >= 15 is 0 Å². The zero-order valence-electron chi connectivity index (χ0n) is 11.0. The fraction of sp³-hybridized carbons (Fsp3) is 0. The highest BCUT2D eigenvalue weighted by Crippen LogP contribution is 2.32. The first-order valence-corrected chi connectivity index (χ1v) is 7.01. The molecule has 5 heteroatoms. The van der Waals surface area contributed by atoms with E-state index in [1.165, 1.54) is 11.3 Å². The number of fused-ring (bicyclic) bond motifs is 1. The van der Waals surface area contributed by atoms with Crippen LogP contribution >= 0.6 is 11.3 Å². The largest absolute Gasteiger partial charge is 0.396 e. The molecule has 2 aromatic heterocycles. The van der Waals surface area contributed by atoms with Crippen LogP contribution in [0.15, 0.2) is 42.6 Å². The molecule has 3 rings (SSSR count). The number of anilines is 2. The number of terminal acetylenes is 1. The van der Waals surface area contributed by atoms with Gasteiger partial charge in [0.1, 0.15) is 10.4 Å². The molecular weight excluding hydrogens is 282 g/mol. The van der Waals surface area contributed by atoms with Gasteiger partial charge in [0.25, 0.3) is 5.91 Å². The van der Waals surface area contributed by atoms with Gasteiger partial charge in [0.05, 0.1) is 10.4 Å². The maximum absolute atomic E-state index is 12.3. The van der Waals surface area contributed by atoms with Gasteiger partial charge in [0.15, 0.2) is 0 Å². The van der Waals surface area contributed by atoms with Crippen molar-refractivity contribution in [2.75, 3.05) is 11.1 Å². The molecule has 0 aliphatic carbocycles. The Labute approximate surface area is 125 Å². The first-order valence-electron chi connectivity index (χ1n) is 6.20. The summed E-state index contributed by atoms with van der Waals surface area (Å²) < 4.78 is 0.887. The summed E-state index contributed by atoms with van der Waals surface area (Å²) in [5.41, 5.74) is 8.41. The van der Waals surface area contributed by atoms with Crippen molar-refractivity contribution in [1.29, 1.82) is 0 Å². The Kier molecular flexibility index (Phi) is 3.30. The van der Waals surface area contributed by atoms with Crippen LogP contribution in [0.2, 0.25) is 0 Å². The summed E-state index contributed by atoms with van der Waals surface area (Å²) in [5, 5.41) is 2.80. The molecule has 0 saturated heterocycles. The molecule has 1 amide bonds. The Balaban J connectivity index is 1.94. The molecule has 0 radical (unpaired) electrons. The van der Waals surface area contributed by atoms with Crippen LogP contribution in [-0.2, 0) is 0 Å². The number of nitrogen functional groups attached to an aromatic ring is 1. The molecule has 2 heterocycles. The maximum Gasteiger partial charge on any atom is 0.267 e. The SMILES string of the molecule is C#Cc1cccc(NC(=O)c2sc3cccnc3c2N)c1. The average Bonchev–Trinajstić information content (AvgIpc) is 2.85. The monoisotopic (exact) mass is 293 g/mol. The number of nitrogens with one attached hydrogen (secondary N) is 1. The van der Waals surface area contributed by atoms with Crippen LogP contribution in [-0.4, -0.2) is 10.9 Å². The summed E-state index contributed by atoms with van der Waals surface area (Å²) in [6.45, 7) is 0. The highest BCUT2D eigenvalue weighted by molar-refractivity contribution is 7.21. The van der Waals surface area contributed by atoms with Crippen LogP contribution in [0.4, 0.5) is 11.4 Å². The number of carbonyl (C=O) groups excluding carboxylic acids is 1. The number of nitrogens with two attached hydrogens (primary N) is 1. The Morgan fingerprint density at radius 1 is 1.33 bits per heavy atom. The van der Waals surface area contributed by atoms with Gasteiger partial charge in [-0.3, -0.25) is 9.78 Å². The number of amides is 1. The van der Waals surface area contributed by atoms with Crippen LogP contribution in [0.1, 0.15) is 15.2 Å². The highest BCUT2D eigenvalue weighted by atomic mass is 32.1. The number of hydrogen-bond acceptors (Lipinski definition) is 4. The molecular formula is C16H11N3OS. The van der Waals surface area contributed by atoms with Crippen molar-refractivity contribution in [2.24, 2.45) is 0 Å². The predicted molar refractivity (Wildman–Crippen MR) is 86.4 cm³/mol. The Bertz CT molecular complexity index is 877. The Hall–Kier alpha value is -2.84. The van der Waals surface area contributed by atoms with E-state index in [0.29, 0.717) is 27.3 Å².